The van der Waals surface area contributed by atoms with Crippen molar-refractivity contribution in [3.8, 4) is 11.5 Å². The lowest BCUT2D eigenvalue weighted by Crippen LogP contribution is -2.50. The van der Waals surface area contributed by atoms with Crippen LogP contribution in [0.25, 0.3) is 0 Å². The Hall–Kier alpha value is -2.28. The van der Waals surface area contributed by atoms with Crippen LogP contribution in [0.2, 0.25) is 0 Å². The average molecular weight is 418 g/mol. The number of carbonyl (C=O) groups is 1. The SMILES string of the molecule is O=C(C1COc2ccccc2O1)N1CCC(Nc2ccc(Br)cn2)CC1. The van der Waals surface area contributed by atoms with Crippen molar-refractivity contribution in [1.29, 1.82) is 0 Å². The zero-order valence-corrected chi connectivity index (χ0v) is 15.8. The van der Waals surface area contributed by atoms with Crippen LogP contribution in [0.3, 0.4) is 0 Å². The predicted molar refractivity (Wildman–Crippen MR) is 102 cm³/mol. The first-order valence-electron chi connectivity index (χ1n) is 8.74. The van der Waals surface area contributed by atoms with Crippen LogP contribution in [-0.4, -0.2) is 47.6 Å². The zero-order chi connectivity index (χ0) is 17.9. The third-order valence-electron chi connectivity index (χ3n) is 4.67. The molecule has 0 radical (unpaired) electrons. The molecule has 2 aromatic rings. The Morgan fingerprint density at radius 2 is 1.92 bits per heavy atom. The van der Waals surface area contributed by atoms with Crippen molar-refractivity contribution < 1.29 is 14.3 Å². The minimum atomic E-state index is -0.567. The van der Waals surface area contributed by atoms with Gasteiger partial charge in [0.25, 0.3) is 5.91 Å². The Morgan fingerprint density at radius 3 is 2.65 bits per heavy atom. The van der Waals surface area contributed by atoms with Crippen LogP contribution in [0, 0.1) is 0 Å². The molecule has 4 rings (SSSR count). The highest BCUT2D eigenvalue weighted by Crippen LogP contribution is 2.31. The lowest BCUT2D eigenvalue weighted by atomic mass is 10.0. The number of hydrogen-bond acceptors (Lipinski definition) is 5. The number of pyridine rings is 1. The van der Waals surface area contributed by atoms with Crippen LogP contribution in [0.1, 0.15) is 12.8 Å². The first-order valence-corrected chi connectivity index (χ1v) is 9.54. The van der Waals surface area contributed by atoms with Crippen molar-refractivity contribution in [2.75, 3.05) is 25.0 Å². The molecule has 1 N–H and O–H groups in total. The third kappa shape index (κ3) is 3.77. The van der Waals surface area contributed by atoms with Gasteiger partial charge in [0.1, 0.15) is 12.4 Å². The van der Waals surface area contributed by atoms with Gasteiger partial charge in [0, 0.05) is 29.8 Å². The van der Waals surface area contributed by atoms with Gasteiger partial charge in [-0.3, -0.25) is 4.79 Å². The molecule has 1 aromatic carbocycles. The Labute approximate surface area is 160 Å². The predicted octanol–water partition coefficient (Wildman–Crippen LogP) is 3.09. The molecule has 1 unspecified atom stereocenters. The highest BCUT2D eigenvalue weighted by atomic mass is 79.9. The van der Waals surface area contributed by atoms with Crippen molar-refractivity contribution in [3.05, 3.63) is 47.1 Å². The van der Waals surface area contributed by atoms with E-state index in [1.165, 1.54) is 0 Å². The number of aromatic nitrogens is 1. The summed E-state index contributed by atoms with van der Waals surface area (Å²) < 4.78 is 12.5. The average Bonchev–Trinajstić information content (AvgIpc) is 2.69. The molecule has 1 saturated heterocycles. The number of para-hydroxylation sites is 2. The number of anilines is 1. The zero-order valence-electron chi connectivity index (χ0n) is 14.2. The molecule has 7 heteroatoms. The quantitative estimate of drug-likeness (QED) is 0.830. The highest BCUT2D eigenvalue weighted by molar-refractivity contribution is 9.10. The number of amides is 1. The molecule has 136 valence electrons. The molecule has 1 amide bonds. The second kappa shape index (κ2) is 7.53. The van der Waals surface area contributed by atoms with Crippen LogP contribution in [0.5, 0.6) is 11.5 Å². The molecule has 1 aromatic heterocycles. The number of piperidine rings is 1. The number of fused-ring (bicyclic) bond motifs is 1. The highest BCUT2D eigenvalue weighted by Gasteiger charge is 2.33. The summed E-state index contributed by atoms with van der Waals surface area (Å²) in [6.45, 7) is 1.67. The summed E-state index contributed by atoms with van der Waals surface area (Å²) in [5, 5.41) is 3.43. The first-order chi connectivity index (χ1) is 12.7. The number of hydrogen-bond donors (Lipinski definition) is 1. The van der Waals surface area contributed by atoms with Gasteiger partial charge in [0.2, 0.25) is 6.10 Å². The summed E-state index contributed by atoms with van der Waals surface area (Å²) in [7, 11) is 0. The van der Waals surface area contributed by atoms with E-state index >= 15 is 0 Å². The topological polar surface area (TPSA) is 63.7 Å². The number of ether oxygens (including phenoxy) is 2. The molecule has 2 aliphatic heterocycles. The van der Waals surface area contributed by atoms with E-state index < -0.39 is 6.10 Å². The maximum Gasteiger partial charge on any atom is 0.267 e. The van der Waals surface area contributed by atoms with Gasteiger partial charge in [-0.2, -0.15) is 0 Å². The molecule has 26 heavy (non-hydrogen) atoms. The van der Waals surface area contributed by atoms with E-state index in [9.17, 15) is 4.79 Å². The van der Waals surface area contributed by atoms with E-state index in [-0.39, 0.29) is 12.5 Å². The van der Waals surface area contributed by atoms with E-state index in [0.717, 1.165) is 23.1 Å². The smallest absolute Gasteiger partial charge is 0.267 e. The normalized spacial score (nSPS) is 19.9. The maximum absolute atomic E-state index is 12.7. The van der Waals surface area contributed by atoms with Crippen molar-refractivity contribution >= 4 is 27.7 Å². The summed E-state index contributed by atoms with van der Waals surface area (Å²) >= 11 is 3.39. The number of carbonyl (C=O) groups excluding carboxylic acids is 1. The van der Waals surface area contributed by atoms with Gasteiger partial charge in [-0.25, -0.2) is 4.98 Å². The van der Waals surface area contributed by atoms with Crippen LogP contribution in [0.15, 0.2) is 47.1 Å². The number of halogens is 1. The minimum Gasteiger partial charge on any atom is -0.485 e. The summed E-state index contributed by atoms with van der Waals surface area (Å²) in [5.41, 5.74) is 0. The molecule has 1 atom stereocenters. The molecule has 2 aliphatic rings. The second-order valence-corrected chi connectivity index (χ2v) is 7.39. The summed E-state index contributed by atoms with van der Waals surface area (Å²) in [6, 6.07) is 11.7. The van der Waals surface area contributed by atoms with E-state index in [4.69, 9.17) is 9.47 Å². The molecule has 1 fully saturated rings. The van der Waals surface area contributed by atoms with Gasteiger partial charge in [-0.1, -0.05) is 12.1 Å². The van der Waals surface area contributed by atoms with Crippen LogP contribution in [0.4, 0.5) is 5.82 Å². The van der Waals surface area contributed by atoms with Gasteiger partial charge in [0.15, 0.2) is 11.5 Å². The van der Waals surface area contributed by atoms with Crippen molar-refractivity contribution in [2.24, 2.45) is 0 Å². The Bertz CT molecular complexity index is 776. The fraction of sp³-hybridized carbons (Fsp3) is 0.368. The molecule has 6 nitrogen and oxygen atoms in total. The number of nitrogens with one attached hydrogen (secondary N) is 1. The summed E-state index contributed by atoms with van der Waals surface area (Å²) in [5.74, 6) is 2.19. The van der Waals surface area contributed by atoms with Gasteiger partial charge in [-0.05, 0) is 53.0 Å². The molecule has 0 saturated carbocycles. The van der Waals surface area contributed by atoms with Crippen LogP contribution in [-0.2, 0) is 4.79 Å². The molecular weight excluding hydrogens is 398 g/mol. The monoisotopic (exact) mass is 417 g/mol. The van der Waals surface area contributed by atoms with Gasteiger partial charge >= 0.3 is 0 Å². The fourth-order valence-electron chi connectivity index (χ4n) is 3.26. The number of benzene rings is 1. The Kier molecular flexibility index (Phi) is 4.97. The first kappa shape index (κ1) is 17.1. The van der Waals surface area contributed by atoms with Gasteiger partial charge in [0.05, 0.1) is 0 Å². The van der Waals surface area contributed by atoms with Crippen molar-refractivity contribution in [1.82, 2.24) is 9.88 Å². The lowest BCUT2D eigenvalue weighted by Gasteiger charge is -2.35. The third-order valence-corrected chi connectivity index (χ3v) is 5.14. The van der Waals surface area contributed by atoms with E-state index in [0.29, 0.717) is 30.6 Å². The number of rotatable bonds is 3. The number of nitrogens with zero attached hydrogens (tertiary/aromatic N) is 2. The maximum atomic E-state index is 12.7. The summed E-state index contributed by atoms with van der Waals surface area (Å²) in [4.78, 5) is 19.0. The van der Waals surface area contributed by atoms with Gasteiger partial charge in [-0.15, -0.1) is 0 Å². The van der Waals surface area contributed by atoms with Crippen molar-refractivity contribution in [2.45, 2.75) is 25.0 Å². The summed E-state index contributed by atoms with van der Waals surface area (Å²) in [6.07, 6.45) is 2.98. The van der Waals surface area contributed by atoms with E-state index in [2.05, 4.69) is 26.2 Å². The molecule has 3 heterocycles. The van der Waals surface area contributed by atoms with Gasteiger partial charge < -0.3 is 19.7 Å². The second-order valence-electron chi connectivity index (χ2n) is 6.47. The van der Waals surface area contributed by atoms with E-state index in [1.807, 2.05) is 41.3 Å². The largest absolute Gasteiger partial charge is 0.485 e. The minimum absolute atomic E-state index is 0.000259. The molecule has 0 bridgehead atoms. The number of likely N-dealkylation sites (tertiary alicyclic amines) is 1. The van der Waals surface area contributed by atoms with E-state index in [1.54, 1.807) is 6.20 Å². The molecule has 0 aliphatic carbocycles. The fourth-order valence-corrected chi connectivity index (χ4v) is 3.49. The Morgan fingerprint density at radius 1 is 1.15 bits per heavy atom. The molecule has 0 spiro atoms. The van der Waals surface area contributed by atoms with Crippen molar-refractivity contribution in [3.63, 3.8) is 0 Å². The standard InChI is InChI=1S/C19H20BrN3O3/c20-13-5-6-18(21-11-13)22-14-7-9-23(10-8-14)19(24)17-12-25-15-3-1-2-4-16(15)26-17/h1-6,11,14,17H,7-10,12H2,(H,21,22). The lowest BCUT2D eigenvalue weighted by molar-refractivity contribution is -0.142. The Balaban J connectivity index is 1.30. The molecular formula is C19H20BrN3O3. The van der Waals surface area contributed by atoms with Crippen LogP contribution < -0.4 is 14.8 Å². The van der Waals surface area contributed by atoms with Crippen LogP contribution >= 0.6 is 15.9 Å².